The summed E-state index contributed by atoms with van der Waals surface area (Å²) in [4.78, 5) is 6.06. The van der Waals surface area contributed by atoms with Gasteiger partial charge in [0.2, 0.25) is 0 Å². The quantitative estimate of drug-likeness (QED) is 0.640. The van der Waals surface area contributed by atoms with Crippen molar-refractivity contribution in [3.63, 3.8) is 0 Å². The molecule has 2 saturated heterocycles. The highest BCUT2D eigenvalue weighted by Crippen LogP contribution is 2.47. The standard InChI is InChI=1S/C25H33F3N2O/c1-16-21-15-30(9-2-3-17-7-11-31-12-8-17)10-6-18(21)13-23-24(16)20-14-19(25(26,27)28)4-5-22(20)29-23/h4-5,14,16-18,21,29H,2-3,6-13,15H2,1H3/t16-,18-,21?/m0/s1. The topological polar surface area (TPSA) is 28.3 Å². The number of benzene rings is 1. The van der Waals surface area contributed by atoms with Crippen LogP contribution < -0.4 is 0 Å². The fraction of sp³-hybridized carbons (Fsp3) is 0.680. The van der Waals surface area contributed by atoms with Crippen LogP contribution >= 0.6 is 0 Å². The Hall–Kier alpha value is -1.53. The normalized spacial score (nSPS) is 27.9. The van der Waals surface area contributed by atoms with Gasteiger partial charge in [-0.3, -0.25) is 0 Å². The van der Waals surface area contributed by atoms with Crippen LogP contribution in [0.15, 0.2) is 18.2 Å². The van der Waals surface area contributed by atoms with E-state index in [1.165, 1.54) is 44.2 Å². The van der Waals surface area contributed by atoms with Crippen LogP contribution in [0.3, 0.4) is 0 Å². The van der Waals surface area contributed by atoms with Crippen LogP contribution in [0.25, 0.3) is 10.9 Å². The minimum atomic E-state index is -4.30. The second-order valence-corrected chi connectivity index (χ2v) is 9.98. The summed E-state index contributed by atoms with van der Waals surface area (Å²) in [6, 6.07) is 4.16. The van der Waals surface area contributed by atoms with Gasteiger partial charge < -0.3 is 14.6 Å². The molecule has 1 aromatic heterocycles. The lowest BCUT2D eigenvalue weighted by Crippen LogP contribution is -2.45. The van der Waals surface area contributed by atoms with E-state index in [-0.39, 0.29) is 5.92 Å². The number of ether oxygens (including phenoxy) is 1. The number of hydrogen-bond acceptors (Lipinski definition) is 2. The summed E-state index contributed by atoms with van der Waals surface area (Å²) < 4.78 is 45.4. The molecule has 0 bridgehead atoms. The van der Waals surface area contributed by atoms with E-state index in [0.29, 0.717) is 11.8 Å². The molecule has 2 aliphatic heterocycles. The SMILES string of the molecule is C[C@@H]1c2c([nH]c3ccc(C(F)(F)F)cc23)C[C@@H]2CCN(CCCC3CCOCC3)CC21. The van der Waals surface area contributed by atoms with Crippen molar-refractivity contribution in [1.29, 1.82) is 0 Å². The van der Waals surface area contributed by atoms with Gasteiger partial charge in [0.1, 0.15) is 0 Å². The number of rotatable bonds is 4. The molecule has 1 aliphatic carbocycles. The average molecular weight is 435 g/mol. The lowest BCUT2D eigenvalue weighted by Gasteiger charge is -2.44. The fourth-order valence-electron chi connectivity index (χ4n) is 6.36. The largest absolute Gasteiger partial charge is 0.416 e. The van der Waals surface area contributed by atoms with Gasteiger partial charge in [-0.05, 0) is 99.0 Å². The molecule has 31 heavy (non-hydrogen) atoms. The Morgan fingerprint density at radius 1 is 1.16 bits per heavy atom. The van der Waals surface area contributed by atoms with Crippen LogP contribution in [0.5, 0.6) is 0 Å². The van der Waals surface area contributed by atoms with Gasteiger partial charge in [0.25, 0.3) is 0 Å². The van der Waals surface area contributed by atoms with Crippen molar-refractivity contribution in [2.75, 3.05) is 32.8 Å². The molecular formula is C25H33F3N2O. The predicted molar refractivity (Wildman–Crippen MR) is 116 cm³/mol. The maximum absolute atomic E-state index is 13.3. The van der Waals surface area contributed by atoms with Crippen LogP contribution in [-0.4, -0.2) is 42.7 Å². The van der Waals surface area contributed by atoms with Crippen molar-refractivity contribution in [1.82, 2.24) is 9.88 Å². The molecule has 0 radical (unpaired) electrons. The number of alkyl halides is 3. The summed E-state index contributed by atoms with van der Waals surface area (Å²) in [5.41, 5.74) is 2.59. The van der Waals surface area contributed by atoms with Crippen LogP contribution in [-0.2, 0) is 17.3 Å². The molecule has 2 aromatic rings. The van der Waals surface area contributed by atoms with Gasteiger partial charge in [-0.2, -0.15) is 13.2 Å². The Bertz CT molecular complexity index is 915. The Morgan fingerprint density at radius 3 is 2.74 bits per heavy atom. The van der Waals surface area contributed by atoms with Gasteiger partial charge in [-0.25, -0.2) is 0 Å². The third-order valence-corrected chi connectivity index (χ3v) is 8.13. The van der Waals surface area contributed by atoms with Crippen LogP contribution in [0.2, 0.25) is 0 Å². The van der Waals surface area contributed by atoms with Crippen molar-refractivity contribution < 1.29 is 17.9 Å². The summed E-state index contributed by atoms with van der Waals surface area (Å²) in [7, 11) is 0. The molecule has 1 aromatic carbocycles. The zero-order valence-corrected chi connectivity index (χ0v) is 18.3. The molecule has 6 heteroatoms. The molecule has 3 aliphatic rings. The zero-order valence-electron chi connectivity index (χ0n) is 18.3. The van der Waals surface area contributed by atoms with Gasteiger partial charge in [0, 0.05) is 36.4 Å². The number of aromatic nitrogens is 1. The number of fused-ring (bicyclic) bond motifs is 4. The summed E-state index contributed by atoms with van der Waals surface area (Å²) in [6.45, 7) is 7.43. The first-order valence-corrected chi connectivity index (χ1v) is 11.9. The lowest BCUT2D eigenvalue weighted by atomic mass is 9.68. The van der Waals surface area contributed by atoms with Crippen LogP contribution in [0.1, 0.15) is 61.8 Å². The Morgan fingerprint density at radius 2 is 1.97 bits per heavy atom. The Labute approximate surface area is 182 Å². The van der Waals surface area contributed by atoms with Crippen molar-refractivity contribution in [2.45, 2.75) is 57.5 Å². The minimum Gasteiger partial charge on any atom is -0.381 e. The molecule has 0 saturated carbocycles. The van der Waals surface area contributed by atoms with Crippen LogP contribution in [0.4, 0.5) is 13.2 Å². The number of piperidine rings is 1. The average Bonchev–Trinajstić information content (AvgIpc) is 3.12. The number of likely N-dealkylation sites (tertiary alicyclic amines) is 1. The van der Waals surface area contributed by atoms with Gasteiger partial charge in [0.05, 0.1) is 5.56 Å². The van der Waals surface area contributed by atoms with Crippen molar-refractivity contribution in [3.8, 4) is 0 Å². The van der Waals surface area contributed by atoms with Gasteiger partial charge >= 0.3 is 6.18 Å². The second-order valence-electron chi connectivity index (χ2n) is 9.98. The molecule has 0 spiro atoms. The molecule has 3 nitrogen and oxygen atoms in total. The molecule has 3 atom stereocenters. The van der Waals surface area contributed by atoms with Crippen molar-refractivity contribution in [2.24, 2.45) is 17.8 Å². The van der Waals surface area contributed by atoms with E-state index in [9.17, 15) is 13.2 Å². The summed E-state index contributed by atoms with van der Waals surface area (Å²) >= 11 is 0. The Balaban J connectivity index is 1.29. The molecule has 1 unspecified atom stereocenters. The minimum absolute atomic E-state index is 0.282. The summed E-state index contributed by atoms with van der Waals surface area (Å²) in [5.74, 6) is 2.25. The van der Waals surface area contributed by atoms with Gasteiger partial charge in [0.15, 0.2) is 0 Å². The molecule has 170 valence electrons. The van der Waals surface area contributed by atoms with E-state index in [2.05, 4.69) is 16.8 Å². The summed E-state index contributed by atoms with van der Waals surface area (Å²) in [6.07, 6.45) is 2.78. The van der Waals surface area contributed by atoms with E-state index in [4.69, 9.17) is 4.74 Å². The molecular weight excluding hydrogens is 401 g/mol. The van der Waals surface area contributed by atoms with Crippen LogP contribution in [0, 0.1) is 17.8 Å². The number of nitrogens with one attached hydrogen (secondary N) is 1. The fourth-order valence-corrected chi connectivity index (χ4v) is 6.36. The first-order valence-electron chi connectivity index (χ1n) is 11.9. The molecule has 0 amide bonds. The highest BCUT2D eigenvalue weighted by atomic mass is 19.4. The molecule has 5 rings (SSSR count). The van der Waals surface area contributed by atoms with E-state index < -0.39 is 11.7 Å². The van der Waals surface area contributed by atoms with E-state index in [1.54, 1.807) is 6.07 Å². The molecule has 2 fully saturated rings. The lowest BCUT2D eigenvalue weighted by molar-refractivity contribution is -0.137. The predicted octanol–water partition coefficient (Wildman–Crippen LogP) is 5.99. The Kier molecular flexibility index (Phi) is 5.80. The number of H-pyrrole nitrogens is 1. The number of aromatic amines is 1. The second kappa shape index (κ2) is 8.43. The maximum atomic E-state index is 13.3. The molecule has 3 heterocycles. The highest BCUT2D eigenvalue weighted by Gasteiger charge is 2.40. The number of nitrogens with zero attached hydrogens (tertiary/aromatic N) is 1. The summed E-state index contributed by atoms with van der Waals surface area (Å²) in [5, 5.41) is 0.771. The first-order chi connectivity index (χ1) is 14.9. The van der Waals surface area contributed by atoms with Gasteiger partial charge in [-0.1, -0.05) is 6.92 Å². The van der Waals surface area contributed by atoms with Crippen molar-refractivity contribution in [3.05, 3.63) is 35.0 Å². The molecule has 1 N–H and O–H groups in total. The van der Waals surface area contributed by atoms with Gasteiger partial charge in [-0.15, -0.1) is 0 Å². The number of halogens is 3. The van der Waals surface area contributed by atoms with Crippen molar-refractivity contribution >= 4 is 10.9 Å². The third kappa shape index (κ3) is 4.25. The van der Waals surface area contributed by atoms with E-state index in [0.717, 1.165) is 67.3 Å². The highest BCUT2D eigenvalue weighted by molar-refractivity contribution is 5.86. The zero-order chi connectivity index (χ0) is 21.6. The number of hydrogen-bond donors (Lipinski definition) is 1. The van der Waals surface area contributed by atoms with E-state index >= 15 is 0 Å². The maximum Gasteiger partial charge on any atom is 0.416 e. The smallest absolute Gasteiger partial charge is 0.381 e. The first kappa shape index (κ1) is 21.3. The van der Waals surface area contributed by atoms with E-state index in [1.807, 2.05) is 0 Å². The third-order valence-electron chi connectivity index (χ3n) is 8.13. The monoisotopic (exact) mass is 434 g/mol.